The number of nitro groups is 3. The number of nitrogens with one attached hydrogen (secondary N) is 1. The fraction of sp³-hybridized carbons (Fsp3) is 0.0667. The maximum absolute atomic E-state index is 12.5. The van der Waals surface area contributed by atoms with Crippen LogP contribution in [0.5, 0.6) is 0 Å². The number of fused-ring (bicyclic) bond motifs is 1. The van der Waals surface area contributed by atoms with Gasteiger partial charge >= 0.3 is 5.69 Å². The van der Waals surface area contributed by atoms with Gasteiger partial charge in [0.25, 0.3) is 17.3 Å². The minimum atomic E-state index is -0.839. The van der Waals surface area contributed by atoms with Crippen LogP contribution in [-0.4, -0.2) is 33.4 Å². The Bertz CT molecular complexity index is 1080. The molecule has 1 heterocycles. The molecule has 0 radical (unpaired) electrons. The Morgan fingerprint density at radius 3 is 2.21 bits per heavy atom. The van der Waals surface area contributed by atoms with E-state index in [2.05, 4.69) is 10.5 Å². The number of hydrogen-bond acceptors (Lipinski definition) is 9. The van der Waals surface area contributed by atoms with Gasteiger partial charge < -0.3 is 4.90 Å². The van der Waals surface area contributed by atoms with E-state index in [1.54, 1.807) is 0 Å². The van der Waals surface area contributed by atoms with Crippen molar-refractivity contribution in [2.45, 2.75) is 0 Å². The SMILES string of the molecule is CN1C(=O)/C(=N/Nc2ccccc2[N+](=O)[O-])c2cc([N+](=O)[O-])cc([N+](=O)[O-])c21. The number of likely N-dealkylation sites (N-methyl/N-ethyl adjacent to an activating group) is 1. The third kappa shape index (κ3) is 2.96. The van der Waals surface area contributed by atoms with E-state index in [9.17, 15) is 35.1 Å². The summed E-state index contributed by atoms with van der Waals surface area (Å²) in [5.41, 5.74) is 0.212. The van der Waals surface area contributed by atoms with Crippen molar-refractivity contribution >= 4 is 40.1 Å². The number of non-ortho nitro benzene ring substituents is 1. The number of carbonyl (C=O) groups is 1. The molecule has 142 valence electrons. The summed E-state index contributed by atoms with van der Waals surface area (Å²) < 4.78 is 0. The van der Waals surface area contributed by atoms with Crippen LogP contribution in [0.3, 0.4) is 0 Å². The number of rotatable bonds is 5. The molecule has 0 bridgehead atoms. The Morgan fingerprint density at radius 1 is 0.964 bits per heavy atom. The molecular weight excluding hydrogens is 376 g/mol. The molecule has 2 aromatic rings. The van der Waals surface area contributed by atoms with Crippen molar-refractivity contribution in [3.8, 4) is 0 Å². The van der Waals surface area contributed by atoms with Crippen LogP contribution in [-0.2, 0) is 4.79 Å². The van der Waals surface area contributed by atoms with Crippen LogP contribution in [0.25, 0.3) is 0 Å². The zero-order valence-corrected chi connectivity index (χ0v) is 14.1. The normalized spacial score (nSPS) is 14.1. The van der Waals surface area contributed by atoms with Gasteiger partial charge in [0.1, 0.15) is 11.4 Å². The quantitative estimate of drug-likeness (QED) is 0.601. The second-order valence-electron chi connectivity index (χ2n) is 5.59. The van der Waals surface area contributed by atoms with Crippen molar-refractivity contribution in [3.05, 3.63) is 72.3 Å². The van der Waals surface area contributed by atoms with Gasteiger partial charge in [0.05, 0.1) is 20.8 Å². The highest BCUT2D eigenvalue weighted by molar-refractivity contribution is 6.55. The van der Waals surface area contributed by atoms with Gasteiger partial charge in [0.2, 0.25) is 0 Å². The lowest BCUT2D eigenvalue weighted by Crippen LogP contribution is -2.26. The first kappa shape index (κ1) is 18.4. The van der Waals surface area contributed by atoms with Crippen molar-refractivity contribution in [3.63, 3.8) is 0 Å². The van der Waals surface area contributed by atoms with Gasteiger partial charge in [-0.1, -0.05) is 12.1 Å². The lowest BCUT2D eigenvalue weighted by atomic mass is 10.1. The number of nitrogens with zero attached hydrogens (tertiary/aromatic N) is 5. The third-order valence-electron chi connectivity index (χ3n) is 3.97. The summed E-state index contributed by atoms with van der Waals surface area (Å²) in [6.45, 7) is 0. The molecule has 1 amide bonds. The summed E-state index contributed by atoms with van der Waals surface area (Å²) in [7, 11) is 1.26. The van der Waals surface area contributed by atoms with Crippen LogP contribution in [0.15, 0.2) is 41.5 Å². The van der Waals surface area contributed by atoms with Crippen molar-refractivity contribution < 1.29 is 19.6 Å². The van der Waals surface area contributed by atoms with E-state index >= 15 is 0 Å². The number of amides is 1. The molecule has 0 aliphatic carbocycles. The fourth-order valence-electron chi connectivity index (χ4n) is 2.71. The van der Waals surface area contributed by atoms with E-state index < -0.39 is 32.1 Å². The van der Waals surface area contributed by atoms with Gasteiger partial charge in [0.15, 0.2) is 5.71 Å². The zero-order valence-electron chi connectivity index (χ0n) is 14.1. The zero-order chi connectivity index (χ0) is 20.6. The minimum Gasteiger partial charge on any atom is -0.303 e. The Kier molecular flexibility index (Phi) is 4.40. The molecule has 0 atom stereocenters. The number of anilines is 2. The van der Waals surface area contributed by atoms with E-state index in [-0.39, 0.29) is 28.3 Å². The number of hydrogen-bond donors (Lipinski definition) is 1. The fourth-order valence-corrected chi connectivity index (χ4v) is 2.71. The maximum Gasteiger partial charge on any atom is 0.300 e. The van der Waals surface area contributed by atoms with Crippen molar-refractivity contribution in [2.24, 2.45) is 5.10 Å². The number of nitro benzene ring substituents is 3. The smallest absolute Gasteiger partial charge is 0.300 e. The topological polar surface area (TPSA) is 174 Å². The molecule has 0 saturated carbocycles. The molecule has 0 aromatic heterocycles. The highest BCUT2D eigenvalue weighted by atomic mass is 16.6. The van der Waals surface area contributed by atoms with E-state index in [4.69, 9.17) is 0 Å². The molecule has 0 fully saturated rings. The predicted molar refractivity (Wildman–Crippen MR) is 96.4 cm³/mol. The van der Waals surface area contributed by atoms with Gasteiger partial charge in [0, 0.05) is 24.7 Å². The van der Waals surface area contributed by atoms with Crippen LogP contribution in [0.4, 0.5) is 28.4 Å². The van der Waals surface area contributed by atoms with Crippen molar-refractivity contribution in [1.29, 1.82) is 0 Å². The maximum atomic E-state index is 12.5. The molecular formula is C15H10N6O7. The van der Waals surface area contributed by atoms with E-state index in [1.165, 1.54) is 31.3 Å². The van der Waals surface area contributed by atoms with Gasteiger partial charge in [-0.2, -0.15) is 5.10 Å². The molecule has 0 spiro atoms. The molecule has 2 aromatic carbocycles. The highest BCUT2D eigenvalue weighted by Crippen LogP contribution is 2.40. The minimum absolute atomic E-state index is 0.0242. The van der Waals surface area contributed by atoms with E-state index in [1.807, 2.05) is 0 Å². The average molecular weight is 386 g/mol. The van der Waals surface area contributed by atoms with E-state index in [0.29, 0.717) is 0 Å². The van der Waals surface area contributed by atoms with Crippen LogP contribution in [0.1, 0.15) is 5.56 Å². The molecule has 13 nitrogen and oxygen atoms in total. The van der Waals surface area contributed by atoms with Crippen molar-refractivity contribution in [2.75, 3.05) is 17.4 Å². The molecule has 0 unspecified atom stereocenters. The first-order valence-corrected chi connectivity index (χ1v) is 7.54. The van der Waals surface area contributed by atoms with Gasteiger partial charge in [-0.3, -0.25) is 40.6 Å². The lowest BCUT2D eigenvalue weighted by molar-refractivity contribution is -0.393. The molecule has 28 heavy (non-hydrogen) atoms. The van der Waals surface area contributed by atoms with Gasteiger partial charge in [-0.25, -0.2) is 0 Å². The summed E-state index contributed by atoms with van der Waals surface area (Å²) in [6, 6.07) is 7.25. The standard InChI is InChI=1S/C15H10N6O7/c1-18-14-9(6-8(19(23)24)7-12(14)21(27)28)13(15(18)22)17-16-10-4-2-3-5-11(10)20(25)26/h2-7,16H,1H3/b17-13+. The Hall–Kier alpha value is -4.42. The molecule has 0 saturated heterocycles. The molecule has 1 aliphatic heterocycles. The number of benzene rings is 2. The van der Waals surface area contributed by atoms with E-state index in [0.717, 1.165) is 17.0 Å². The molecule has 1 N–H and O–H groups in total. The summed E-state index contributed by atoms with van der Waals surface area (Å²) in [5, 5.41) is 37.3. The molecule has 1 aliphatic rings. The molecule has 3 rings (SSSR count). The lowest BCUT2D eigenvalue weighted by Gasteiger charge is -2.08. The Morgan fingerprint density at radius 2 is 1.61 bits per heavy atom. The monoisotopic (exact) mass is 386 g/mol. The number of hydrazone groups is 1. The highest BCUT2D eigenvalue weighted by Gasteiger charge is 2.40. The first-order chi connectivity index (χ1) is 13.2. The van der Waals surface area contributed by atoms with Gasteiger partial charge in [-0.15, -0.1) is 0 Å². The number of para-hydroxylation sites is 2. The average Bonchev–Trinajstić information content (AvgIpc) is 2.89. The summed E-state index contributed by atoms with van der Waals surface area (Å²) >= 11 is 0. The Labute approximate surface area is 155 Å². The second kappa shape index (κ2) is 6.71. The summed E-state index contributed by atoms with van der Waals surface area (Å²) in [5.74, 6) is -0.760. The summed E-state index contributed by atoms with van der Waals surface area (Å²) in [4.78, 5) is 44.6. The second-order valence-corrected chi connectivity index (χ2v) is 5.59. The van der Waals surface area contributed by atoms with Crippen LogP contribution in [0.2, 0.25) is 0 Å². The number of carbonyl (C=O) groups excluding carboxylic acids is 1. The summed E-state index contributed by atoms with van der Waals surface area (Å²) in [6.07, 6.45) is 0. The Balaban J connectivity index is 2.14. The van der Waals surface area contributed by atoms with Crippen LogP contribution >= 0.6 is 0 Å². The molecule has 13 heteroatoms. The van der Waals surface area contributed by atoms with Crippen LogP contribution < -0.4 is 10.3 Å². The first-order valence-electron chi connectivity index (χ1n) is 7.54. The van der Waals surface area contributed by atoms with Crippen molar-refractivity contribution in [1.82, 2.24) is 0 Å². The predicted octanol–water partition coefficient (Wildman–Crippen LogP) is 2.20. The third-order valence-corrected chi connectivity index (χ3v) is 3.97. The van der Waals surface area contributed by atoms with Crippen LogP contribution in [0, 0.1) is 30.3 Å². The van der Waals surface area contributed by atoms with Gasteiger partial charge in [-0.05, 0) is 6.07 Å². The largest absolute Gasteiger partial charge is 0.303 e.